The lowest BCUT2D eigenvalue weighted by Gasteiger charge is -2.27. The number of rotatable bonds is 7. The monoisotopic (exact) mass is 435 g/mol. The average Bonchev–Trinajstić information content (AvgIpc) is 3.39. The lowest BCUT2D eigenvalue weighted by Crippen LogP contribution is -2.42. The molecule has 1 saturated heterocycles. The van der Waals surface area contributed by atoms with Crippen molar-refractivity contribution < 1.29 is 0 Å². The van der Waals surface area contributed by atoms with Crippen LogP contribution in [0.5, 0.6) is 0 Å². The highest BCUT2D eigenvalue weighted by Gasteiger charge is 2.18. The number of nitrogens with two attached hydrogens (primary N) is 1. The van der Waals surface area contributed by atoms with Gasteiger partial charge in [0, 0.05) is 39.3 Å². The SMILES string of the molecule is CCNCc1nc2c(N)nc3ccsc3c2n1Cc1ccc(CN2CCNCC2)cc1. The highest BCUT2D eigenvalue weighted by molar-refractivity contribution is 7.18. The fourth-order valence-corrected chi connectivity index (χ4v) is 5.15. The molecule has 4 N–H and O–H groups in total. The molecule has 162 valence electrons. The van der Waals surface area contributed by atoms with Crippen LogP contribution in [-0.4, -0.2) is 52.2 Å². The van der Waals surface area contributed by atoms with Crippen LogP contribution in [0.2, 0.25) is 0 Å². The van der Waals surface area contributed by atoms with Gasteiger partial charge in [-0.1, -0.05) is 31.2 Å². The number of pyridine rings is 1. The molecule has 0 amide bonds. The first-order valence-corrected chi connectivity index (χ1v) is 11.8. The van der Waals surface area contributed by atoms with Crippen LogP contribution in [0.25, 0.3) is 21.3 Å². The molecule has 0 unspecified atom stereocenters. The number of nitrogen functional groups attached to an aromatic ring is 1. The molecule has 5 rings (SSSR count). The van der Waals surface area contributed by atoms with Crippen molar-refractivity contribution in [1.29, 1.82) is 0 Å². The molecular weight excluding hydrogens is 406 g/mol. The van der Waals surface area contributed by atoms with E-state index >= 15 is 0 Å². The number of nitrogens with one attached hydrogen (secondary N) is 2. The van der Waals surface area contributed by atoms with Crippen molar-refractivity contribution >= 4 is 38.4 Å². The number of aromatic nitrogens is 3. The van der Waals surface area contributed by atoms with E-state index in [1.807, 2.05) is 6.07 Å². The highest BCUT2D eigenvalue weighted by atomic mass is 32.1. The Balaban J connectivity index is 1.47. The minimum atomic E-state index is 0.503. The van der Waals surface area contributed by atoms with Crippen LogP contribution in [0.1, 0.15) is 23.9 Å². The largest absolute Gasteiger partial charge is 0.382 e. The molecular formula is C23H29N7S. The van der Waals surface area contributed by atoms with Crippen molar-refractivity contribution in [3.8, 4) is 0 Å². The molecule has 7 nitrogen and oxygen atoms in total. The Hall–Kier alpha value is -2.52. The Kier molecular flexibility index (Phi) is 5.87. The van der Waals surface area contributed by atoms with E-state index in [0.717, 1.165) is 72.9 Å². The van der Waals surface area contributed by atoms with Gasteiger partial charge in [0.1, 0.15) is 11.3 Å². The fourth-order valence-electron chi connectivity index (χ4n) is 4.26. The Bertz CT molecular complexity index is 1170. The Morgan fingerprint density at radius 3 is 2.55 bits per heavy atom. The van der Waals surface area contributed by atoms with Crippen molar-refractivity contribution in [1.82, 2.24) is 30.1 Å². The summed E-state index contributed by atoms with van der Waals surface area (Å²) >= 11 is 1.70. The molecule has 0 radical (unpaired) electrons. The van der Waals surface area contributed by atoms with Crippen LogP contribution in [0, 0.1) is 0 Å². The first-order chi connectivity index (χ1) is 15.2. The van der Waals surface area contributed by atoms with Gasteiger partial charge in [-0.3, -0.25) is 4.90 Å². The van der Waals surface area contributed by atoms with Gasteiger partial charge in [-0.25, -0.2) is 9.97 Å². The molecule has 1 fully saturated rings. The first kappa shape index (κ1) is 20.4. The quantitative estimate of drug-likeness (QED) is 0.414. The second kappa shape index (κ2) is 8.92. The van der Waals surface area contributed by atoms with E-state index < -0.39 is 0 Å². The number of hydrogen-bond acceptors (Lipinski definition) is 7. The van der Waals surface area contributed by atoms with Crippen molar-refractivity contribution in [3.05, 3.63) is 52.7 Å². The lowest BCUT2D eigenvalue weighted by atomic mass is 10.1. The number of imidazole rings is 1. The molecule has 0 atom stereocenters. The number of benzene rings is 1. The van der Waals surface area contributed by atoms with E-state index in [1.165, 1.54) is 11.1 Å². The first-order valence-electron chi connectivity index (χ1n) is 11.0. The summed E-state index contributed by atoms with van der Waals surface area (Å²) < 4.78 is 3.45. The second-order valence-electron chi connectivity index (χ2n) is 8.07. The van der Waals surface area contributed by atoms with E-state index in [9.17, 15) is 0 Å². The van der Waals surface area contributed by atoms with Gasteiger partial charge in [-0.05, 0) is 29.1 Å². The third-order valence-electron chi connectivity index (χ3n) is 5.90. The van der Waals surface area contributed by atoms with E-state index in [-0.39, 0.29) is 0 Å². The summed E-state index contributed by atoms with van der Waals surface area (Å²) in [5.74, 6) is 1.50. The van der Waals surface area contributed by atoms with Crippen LogP contribution >= 0.6 is 11.3 Å². The molecule has 0 spiro atoms. The summed E-state index contributed by atoms with van der Waals surface area (Å²) in [6, 6.07) is 11.0. The molecule has 0 aliphatic carbocycles. The highest BCUT2D eigenvalue weighted by Crippen LogP contribution is 2.32. The van der Waals surface area contributed by atoms with Gasteiger partial charge >= 0.3 is 0 Å². The Morgan fingerprint density at radius 2 is 1.81 bits per heavy atom. The summed E-state index contributed by atoms with van der Waals surface area (Å²) in [4.78, 5) is 11.9. The molecule has 31 heavy (non-hydrogen) atoms. The van der Waals surface area contributed by atoms with Crippen LogP contribution < -0.4 is 16.4 Å². The predicted octanol–water partition coefficient (Wildman–Crippen LogP) is 2.79. The minimum Gasteiger partial charge on any atom is -0.382 e. The zero-order chi connectivity index (χ0) is 21.2. The smallest absolute Gasteiger partial charge is 0.152 e. The molecule has 1 aromatic carbocycles. The second-order valence-corrected chi connectivity index (χ2v) is 8.98. The van der Waals surface area contributed by atoms with Crippen LogP contribution in [-0.2, 0) is 19.6 Å². The number of piperazine rings is 1. The van der Waals surface area contributed by atoms with Gasteiger partial charge in [-0.2, -0.15) is 0 Å². The third kappa shape index (κ3) is 4.16. The van der Waals surface area contributed by atoms with Crippen LogP contribution in [0.3, 0.4) is 0 Å². The molecule has 0 saturated carbocycles. The zero-order valence-electron chi connectivity index (χ0n) is 17.9. The van der Waals surface area contributed by atoms with Gasteiger partial charge in [0.2, 0.25) is 0 Å². The fraction of sp³-hybridized carbons (Fsp3) is 0.391. The van der Waals surface area contributed by atoms with Crippen molar-refractivity contribution in [3.63, 3.8) is 0 Å². The number of anilines is 1. The number of thiophene rings is 1. The number of hydrogen-bond donors (Lipinski definition) is 3. The van der Waals surface area contributed by atoms with Crippen molar-refractivity contribution in [2.24, 2.45) is 0 Å². The zero-order valence-corrected chi connectivity index (χ0v) is 18.7. The predicted molar refractivity (Wildman–Crippen MR) is 128 cm³/mol. The maximum atomic E-state index is 6.28. The summed E-state index contributed by atoms with van der Waals surface area (Å²) in [6.45, 7) is 9.88. The number of nitrogens with zero attached hydrogens (tertiary/aromatic N) is 4. The maximum Gasteiger partial charge on any atom is 0.152 e. The number of fused-ring (bicyclic) bond motifs is 3. The van der Waals surface area contributed by atoms with Gasteiger partial charge in [0.25, 0.3) is 0 Å². The van der Waals surface area contributed by atoms with Gasteiger partial charge < -0.3 is 20.9 Å². The molecule has 0 bridgehead atoms. The van der Waals surface area contributed by atoms with Gasteiger partial charge in [0.05, 0.1) is 22.3 Å². The minimum absolute atomic E-state index is 0.503. The van der Waals surface area contributed by atoms with E-state index in [0.29, 0.717) is 12.4 Å². The summed E-state index contributed by atoms with van der Waals surface area (Å²) in [5.41, 5.74) is 11.8. The topological polar surface area (TPSA) is 84.0 Å². The van der Waals surface area contributed by atoms with Gasteiger partial charge in [-0.15, -0.1) is 11.3 Å². The van der Waals surface area contributed by atoms with Crippen molar-refractivity contribution in [2.75, 3.05) is 38.5 Å². The molecule has 1 aliphatic rings. The Morgan fingerprint density at radius 1 is 1.06 bits per heavy atom. The summed E-state index contributed by atoms with van der Waals surface area (Å²) in [7, 11) is 0. The molecule has 1 aliphatic heterocycles. The molecule has 3 aromatic heterocycles. The van der Waals surface area contributed by atoms with E-state index in [4.69, 9.17) is 10.7 Å². The summed E-state index contributed by atoms with van der Waals surface area (Å²) in [6.07, 6.45) is 0. The third-order valence-corrected chi connectivity index (χ3v) is 6.81. The standard InChI is InChI=1S/C23H29N7S/c1-2-25-13-19-28-20-21(22-18(7-12-31-22)27-23(20)24)30(19)15-17-5-3-16(4-6-17)14-29-10-8-26-9-11-29/h3-7,12,25-26H,2,8-11,13-15H2,1H3,(H2,24,27). The van der Waals surface area contributed by atoms with Gasteiger partial charge in [0.15, 0.2) is 5.82 Å². The van der Waals surface area contributed by atoms with Crippen LogP contribution in [0.15, 0.2) is 35.7 Å². The van der Waals surface area contributed by atoms with E-state index in [2.05, 4.69) is 61.7 Å². The Labute approximate surface area is 186 Å². The van der Waals surface area contributed by atoms with Crippen molar-refractivity contribution in [2.45, 2.75) is 26.6 Å². The maximum absolute atomic E-state index is 6.28. The van der Waals surface area contributed by atoms with E-state index in [1.54, 1.807) is 11.3 Å². The lowest BCUT2D eigenvalue weighted by molar-refractivity contribution is 0.233. The van der Waals surface area contributed by atoms with Crippen LogP contribution in [0.4, 0.5) is 5.82 Å². The summed E-state index contributed by atoms with van der Waals surface area (Å²) in [5, 5.41) is 8.90. The molecule has 4 heterocycles. The average molecular weight is 436 g/mol. The molecule has 4 aromatic rings. The molecule has 8 heteroatoms. The normalized spacial score (nSPS) is 15.3.